The van der Waals surface area contributed by atoms with E-state index in [0.717, 1.165) is 12.6 Å². The van der Waals surface area contributed by atoms with Gasteiger partial charge in [0.15, 0.2) is 0 Å². The van der Waals surface area contributed by atoms with Crippen LogP contribution < -0.4 is 0 Å². The molecule has 3 heteroatoms. The summed E-state index contributed by atoms with van der Waals surface area (Å²) in [5.74, 6) is 0. The van der Waals surface area contributed by atoms with Gasteiger partial charge in [-0.25, -0.2) is 0 Å². The Morgan fingerprint density at radius 1 is 1.11 bits per heavy atom. The summed E-state index contributed by atoms with van der Waals surface area (Å²) in [6, 6.07) is 9.89. The van der Waals surface area contributed by atoms with E-state index in [4.69, 9.17) is 0 Å². The van der Waals surface area contributed by atoms with Gasteiger partial charge in [-0.05, 0) is 56.3 Å². The molecule has 0 unspecified atom stereocenters. The number of likely N-dealkylation sites (tertiary alicyclic amines) is 2. The van der Waals surface area contributed by atoms with E-state index in [1.807, 2.05) is 11.8 Å². The molecule has 0 radical (unpaired) electrons. The maximum atomic E-state index is 2.71. The Bertz CT molecular complexity index is 398. The van der Waals surface area contributed by atoms with E-state index in [1.165, 1.54) is 55.9 Å². The van der Waals surface area contributed by atoms with Crippen LogP contribution in [0.3, 0.4) is 0 Å². The third-order valence-electron chi connectivity index (χ3n) is 4.47. The molecule has 2 saturated heterocycles. The zero-order chi connectivity index (χ0) is 13.1. The molecule has 0 N–H and O–H groups in total. The molecule has 104 valence electrons. The van der Waals surface area contributed by atoms with Gasteiger partial charge < -0.3 is 0 Å². The Morgan fingerprint density at radius 2 is 1.84 bits per heavy atom. The van der Waals surface area contributed by atoms with E-state index in [9.17, 15) is 0 Å². The number of thioether (sulfide) groups is 1. The summed E-state index contributed by atoms with van der Waals surface area (Å²) in [5.41, 5.74) is 1.46. The van der Waals surface area contributed by atoms with Gasteiger partial charge in [0.25, 0.3) is 0 Å². The minimum Gasteiger partial charge on any atom is -0.299 e. The molecule has 0 spiro atoms. The second kappa shape index (κ2) is 6.29. The highest BCUT2D eigenvalue weighted by molar-refractivity contribution is 7.98. The number of benzene rings is 1. The highest BCUT2D eigenvalue weighted by Gasteiger charge is 2.28. The highest BCUT2D eigenvalue weighted by Crippen LogP contribution is 2.22. The molecule has 3 rings (SSSR count). The van der Waals surface area contributed by atoms with Crippen molar-refractivity contribution in [3.8, 4) is 0 Å². The van der Waals surface area contributed by atoms with Gasteiger partial charge in [0.2, 0.25) is 0 Å². The van der Waals surface area contributed by atoms with Crippen LogP contribution in [0.1, 0.15) is 24.8 Å². The average Bonchev–Trinajstić information content (AvgIpc) is 3.10. The molecule has 0 saturated carbocycles. The van der Waals surface area contributed by atoms with Crippen molar-refractivity contribution in [3.05, 3.63) is 29.8 Å². The molecule has 0 amide bonds. The lowest BCUT2D eigenvalue weighted by Crippen LogP contribution is -2.35. The van der Waals surface area contributed by atoms with E-state index in [0.29, 0.717) is 0 Å². The van der Waals surface area contributed by atoms with Crippen molar-refractivity contribution in [1.82, 2.24) is 9.80 Å². The summed E-state index contributed by atoms with van der Waals surface area (Å²) in [7, 11) is 0. The van der Waals surface area contributed by atoms with E-state index in [2.05, 4.69) is 40.3 Å². The first-order valence-corrected chi connectivity index (χ1v) is 8.67. The van der Waals surface area contributed by atoms with Crippen LogP contribution in [-0.2, 0) is 6.54 Å². The first-order chi connectivity index (χ1) is 9.35. The quantitative estimate of drug-likeness (QED) is 0.780. The molecule has 2 nitrogen and oxygen atoms in total. The van der Waals surface area contributed by atoms with Gasteiger partial charge in [-0.15, -0.1) is 11.8 Å². The zero-order valence-electron chi connectivity index (χ0n) is 11.8. The van der Waals surface area contributed by atoms with Gasteiger partial charge >= 0.3 is 0 Å². The maximum Gasteiger partial charge on any atom is 0.0235 e. The Hall–Kier alpha value is -0.510. The lowest BCUT2D eigenvalue weighted by atomic mass is 10.2. The first kappa shape index (κ1) is 13.5. The van der Waals surface area contributed by atoms with E-state index >= 15 is 0 Å². The fraction of sp³-hybridized carbons (Fsp3) is 0.625. The molecule has 2 aliphatic heterocycles. The van der Waals surface area contributed by atoms with Gasteiger partial charge in [0.1, 0.15) is 0 Å². The topological polar surface area (TPSA) is 6.48 Å². The first-order valence-electron chi connectivity index (χ1n) is 7.44. The molecule has 0 bridgehead atoms. The summed E-state index contributed by atoms with van der Waals surface area (Å²) in [4.78, 5) is 6.69. The molecule has 1 aromatic rings. The lowest BCUT2D eigenvalue weighted by Gasteiger charge is -2.23. The van der Waals surface area contributed by atoms with Crippen molar-refractivity contribution >= 4 is 11.8 Å². The van der Waals surface area contributed by atoms with Gasteiger partial charge in [-0.3, -0.25) is 9.80 Å². The summed E-state index contributed by atoms with van der Waals surface area (Å²) in [5, 5.41) is 0. The second-order valence-electron chi connectivity index (χ2n) is 5.77. The summed E-state index contributed by atoms with van der Waals surface area (Å²) >= 11 is 1.82. The summed E-state index contributed by atoms with van der Waals surface area (Å²) in [6.07, 6.45) is 6.32. The van der Waals surface area contributed by atoms with Gasteiger partial charge in [-0.2, -0.15) is 0 Å². The molecule has 2 aliphatic rings. The fourth-order valence-electron chi connectivity index (χ4n) is 3.35. The molecule has 0 aliphatic carbocycles. The Labute approximate surface area is 121 Å². The van der Waals surface area contributed by atoms with Gasteiger partial charge in [-0.1, -0.05) is 12.1 Å². The van der Waals surface area contributed by atoms with Crippen molar-refractivity contribution < 1.29 is 0 Å². The smallest absolute Gasteiger partial charge is 0.0235 e. The van der Waals surface area contributed by atoms with Crippen LogP contribution in [0.5, 0.6) is 0 Å². The maximum absolute atomic E-state index is 2.71. The van der Waals surface area contributed by atoms with Crippen molar-refractivity contribution in [2.75, 3.05) is 32.4 Å². The zero-order valence-corrected chi connectivity index (χ0v) is 12.7. The van der Waals surface area contributed by atoms with Crippen LogP contribution in [-0.4, -0.2) is 48.3 Å². The van der Waals surface area contributed by atoms with Gasteiger partial charge in [0.05, 0.1) is 0 Å². The van der Waals surface area contributed by atoms with Crippen LogP contribution in [0.25, 0.3) is 0 Å². The van der Waals surface area contributed by atoms with Crippen molar-refractivity contribution in [2.24, 2.45) is 0 Å². The van der Waals surface area contributed by atoms with Crippen molar-refractivity contribution in [1.29, 1.82) is 0 Å². The molecule has 2 fully saturated rings. The average molecular weight is 276 g/mol. The molecule has 1 aromatic carbocycles. The SMILES string of the molecule is CSc1ccc(CN2CC[C@H](N3CCCC3)C2)cc1. The van der Waals surface area contributed by atoms with E-state index in [-0.39, 0.29) is 0 Å². The predicted molar refractivity (Wildman–Crippen MR) is 82.7 cm³/mol. The monoisotopic (exact) mass is 276 g/mol. The fourth-order valence-corrected chi connectivity index (χ4v) is 3.76. The Morgan fingerprint density at radius 3 is 2.53 bits per heavy atom. The van der Waals surface area contributed by atoms with Crippen LogP contribution >= 0.6 is 11.8 Å². The lowest BCUT2D eigenvalue weighted by molar-refractivity contribution is 0.230. The molecule has 1 atom stereocenters. The van der Waals surface area contributed by atoms with Gasteiger partial charge in [0, 0.05) is 30.6 Å². The molecule has 2 heterocycles. The Balaban J connectivity index is 1.53. The van der Waals surface area contributed by atoms with E-state index < -0.39 is 0 Å². The molecular formula is C16H24N2S. The molecule has 0 aromatic heterocycles. The molecular weight excluding hydrogens is 252 g/mol. The third-order valence-corrected chi connectivity index (χ3v) is 5.21. The standard InChI is InChI=1S/C16H24N2S/c1-19-16-6-4-14(5-7-16)12-17-11-8-15(13-17)18-9-2-3-10-18/h4-7,15H,2-3,8-13H2,1H3/t15-/m0/s1. The number of hydrogen-bond acceptors (Lipinski definition) is 3. The number of nitrogens with zero attached hydrogens (tertiary/aromatic N) is 2. The van der Waals surface area contributed by atoms with Crippen LogP contribution in [0.15, 0.2) is 29.2 Å². The number of hydrogen-bond donors (Lipinski definition) is 0. The molecule has 19 heavy (non-hydrogen) atoms. The van der Waals surface area contributed by atoms with Crippen LogP contribution in [0.2, 0.25) is 0 Å². The van der Waals surface area contributed by atoms with Crippen LogP contribution in [0.4, 0.5) is 0 Å². The van der Waals surface area contributed by atoms with E-state index in [1.54, 1.807) is 0 Å². The minimum atomic E-state index is 0.827. The number of rotatable bonds is 4. The van der Waals surface area contributed by atoms with Crippen molar-refractivity contribution in [3.63, 3.8) is 0 Å². The third kappa shape index (κ3) is 3.33. The largest absolute Gasteiger partial charge is 0.299 e. The normalized spacial score (nSPS) is 25.2. The Kier molecular flexibility index (Phi) is 4.46. The van der Waals surface area contributed by atoms with Crippen LogP contribution in [0, 0.1) is 0 Å². The predicted octanol–water partition coefficient (Wildman–Crippen LogP) is 3.08. The minimum absolute atomic E-state index is 0.827. The summed E-state index contributed by atoms with van der Waals surface area (Å²) < 4.78 is 0. The summed E-state index contributed by atoms with van der Waals surface area (Å²) in [6.45, 7) is 6.33. The van der Waals surface area contributed by atoms with Crippen molar-refractivity contribution in [2.45, 2.75) is 36.7 Å². The second-order valence-corrected chi connectivity index (χ2v) is 6.65. The highest BCUT2D eigenvalue weighted by atomic mass is 32.2.